The molecule has 2 rings (SSSR count). The molecule has 0 radical (unpaired) electrons. The van der Waals surface area contributed by atoms with Gasteiger partial charge < -0.3 is 9.67 Å². The average Bonchev–Trinajstić information content (AvgIpc) is 2.82. The van der Waals surface area contributed by atoms with Crippen molar-refractivity contribution < 1.29 is 13.5 Å². The van der Waals surface area contributed by atoms with Gasteiger partial charge in [0.1, 0.15) is 5.82 Å². The molecule has 0 atom stereocenters. The Morgan fingerprint density at radius 1 is 1.42 bits per heavy atom. The second-order valence-corrected chi connectivity index (χ2v) is 5.85. The highest BCUT2D eigenvalue weighted by Crippen LogP contribution is 2.11. The van der Waals surface area contributed by atoms with E-state index in [1.807, 2.05) is 0 Å². The first-order chi connectivity index (χ1) is 9.03. The van der Waals surface area contributed by atoms with Gasteiger partial charge in [0.2, 0.25) is 10.0 Å². The molecule has 2 N–H and O–H groups in total. The third-order valence-electron chi connectivity index (χ3n) is 2.73. The number of hydrogen-bond donors (Lipinski definition) is 2. The predicted octanol–water partition coefficient (Wildman–Crippen LogP) is 0.391. The van der Waals surface area contributed by atoms with Crippen LogP contribution in [-0.4, -0.2) is 23.1 Å². The van der Waals surface area contributed by atoms with Crippen LogP contribution in [0.5, 0.6) is 0 Å². The first-order valence-electron chi connectivity index (χ1n) is 5.68. The number of sulfonamides is 1. The van der Waals surface area contributed by atoms with Gasteiger partial charge >= 0.3 is 0 Å². The fraction of sp³-hybridized carbons (Fsp3) is 0.250. The van der Waals surface area contributed by atoms with Crippen molar-refractivity contribution in [1.29, 1.82) is 0 Å². The Balaban J connectivity index is 2.16. The van der Waals surface area contributed by atoms with Gasteiger partial charge in [0, 0.05) is 19.4 Å². The standard InChI is InChI=1S/C12H15N3O3S/c1-15-6-5-13-12(15)8-14-19(17,18)11-4-2-3-10(7-11)9-16/h2-7,14,16H,8-9H2,1H3. The van der Waals surface area contributed by atoms with Gasteiger partial charge in [-0.05, 0) is 17.7 Å². The van der Waals surface area contributed by atoms with Crippen LogP contribution in [0.15, 0.2) is 41.6 Å². The van der Waals surface area contributed by atoms with Gasteiger partial charge in [0.25, 0.3) is 0 Å². The molecule has 7 heteroatoms. The highest BCUT2D eigenvalue weighted by Gasteiger charge is 2.14. The third kappa shape index (κ3) is 3.19. The maximum atomic E-state index is 12.1. The Hall–Kier alpha value is -1.70. The van der Waals surface area contributed by atoms with E-state index in [1.54, 1.807) is 36.1 Å². The van der Waals surface area contributed by atoms with Crippen molar-refractivity contribution in [3.05, 3.63) is 48.0 Å². The van der Waals surface area contributed by atoms with Crippen molar-refractivity contribution in [2.24, 2.45) is 7.05 Å². The summed E-state index contributed by atoms with van der Waals surface area (Å²) in [4.78, 5) is 4.17. The quantitative estimate of drug-likeness (QED) is 0.830. The summed E-state index contributed by atoms with van der Waals surface area (Å²) in [6.45, 7) is -0.0715. The summed E-state index contributed by atoms with van der Waals surface area (Å²) < 4.78 is 28.4. The van der Waals surface area contributed by atoms with Gasteiger partial charge in [-0.15, -0.1) is 0 Å². The van der Waals surface area contributed by atoms with Gasteiger partial charge in [-0.25, -0.2) is 18.1 Å². The van der Waals surface area contributed by atoms with E-state index >= 15 is 0 Å². The Labute approximate surface area is 111 Å². The number of imidazole rings is 1. The zero-order valence-electron chi connectivity index (χ0n) is 10.4. The predicted molar refractivity (Wildman–Crippen MR) is 69.6 cm³/mol. The highest BCUT2D eigenvalue weighted by molar-refractivity contribution is 7.89. The van der Waals surface area contributed by atoms with Crippen molar-refractivity contribution in [2.75, 3.05) is 0 Å². The number of hydrogen-bond acceptors (Lipinski definition) is 4. The van der Waals surface area contributed by atoms with Crippen LogP contribution in [0.2, 0.25) is 0 Å². The lowest BCUT2D eigenvalue weighted by molar-refractivity contribution is 0.281. The zero-order valence-corrected chi connectivity index (χ0v) is 11.3. The molecule has 102 valence electrons. The molecule has 0 spiro atoms. The molecule has 0 saturated heterocycles. The molecule has 0 amide bonds. The van der Waals surface area contributed by atoms with Gasteiger partial charge in [-0.2, -0.15) is 0 Å². The van der Waals surface area contributed by atoms with Crippen molar-refractivity contribution >= 4 is 10.0 Å². The molecule has 2 aromatic rings. The smallest absolute Gasteiger partial charge is 0.240 e. The maximum absolute atomic E-state index is 12.1. The molecular weight excluding hydrogens is 266 g/mol. The van der Waals surface area contributed by atoms with Crippen molar-refractivity contribution in [3.63, 3.8) is 0 Å². The molecule has 0 unspecified atom stereocenters. The van der Waals surface area contributed by atoms with E-state index in [-0.39, 0.29) is 18.0 Å². The van der Waals surface area contributed by atoms with E-state index in [0.29, 0.717) is 11.4 Å². The topological polar surface area (TPSA) is 84.2 Å². The summed E-state index contributed by atoms with van der Waals surface area (Å²) in [7, 11) is -1.81. The molecule has 0 aliphatic heterocycles. The summed E-state index contributed by atoms with van der Waals surface area (Å²) in [5.74, 6) is 0.627. The minimum absolute atomic E-state index is 0.120. The van der Waals surface area contributed by atoms with Crippen LogP contribution in [0.1, 0.15) is 11.4 Å². The summed E-state index contributed by atoms with van der Waals surface area (Å²) in [5.41, 5.74) is 0.555. The molecule has 1 aromatic heterocycles. The molecular formula is C12H15N3O3S. The largest absolute Gasteiger partial charge is 0.392 e. The van der Waals surface area contributed by atoms with Gasteiger partial charge in [0.05, 0.1) is 18.0 Å². The van der Waals surface area contributed by atoms with E-state index < -0.39 is 10.0 Å². The van der Waals surface area contributed by atoms with Gasteiger partial charge in [-0.1, -0.05) is 12.1 Å². The molecule has 0 aliphatic rings. The second kappa shape index (κ2) is 5.52. The first-order valence-corrected chi connectivity index (χ1v) is 7.17. The van der Waals surface area contributed by atoms with Crippen LogP contribution in [0, 0.1) is 0 Å². The van der Waals surface area contributed by atoms with E-state index in [1.165, 1.54) is 12.1 Å². The fourth-order valence-electron chi connectivity index (χ4n) is 1.62. The van der Waals surface area contributed by atoms with E-state index in [2.05, 4.69) is 9.71 Å². The van der Waals surface area contributed by atoms with Crippen molar-refractivity contribution in [3.8, 4) is 0 Å². The Bertz CT molecular complexity index is 664. The van der Waals surface area contributed by atoms with Crippen LogP contribution < -0.4 is 4.72 Å². The fourth-order valence-corrected chi connectivity index (χ4v) is 2.67. The minimum atomic E-state index is -3.60. The van der Waals surface area contributed by atoms with Crippen LogP contribution in [0.25, 0.3) is 0 Å². The summed E-state index contributed by atoms with van der Waals surface area (Å²) >= 11 is 0. The molecule has 1 aromatic carbocycles. The van der Waals surface area contributed by atoms with Crippen LogP contribution in [0.3, 0.4) is 0 Å². The number of nitrogens with one attached hydrogen (secondary N) is 1. The highest BCUT2D eigenvalue weighted by atomic mass is 32.2. The average molecular weight is 281 g/mol. The van der Waals surface area contributed by atoms with Crippen molar-refractivity contribution in [1.82, 2.24) is 14.3 Å². The molecule has 1 heterocycles. The lowest BCUT2D eigenvalue weighted by atomic mass is 10.2. The first kappa shape index (κ1) is 13.7. The second-order valence-electron chi connectivity index (χ2n) is 4.08. The number of aromatic nitrogens is 2. The van der Waals surface area contributed by atoms with Gasteiger partial charge in [-0.3, -0.25) is 0 Å². The molecule has 6 nitrogen and oxygen atoms in total. The minimum Gasteiger partial charge on any atom is -0.392 e. The molecule has 0 aliphatic carbocycles. The van der Waals surface area contributed by atoms with Crippen LogP contribution >= 0.6 is 0 Å². The SMILES string of the molecule is Cn1ccnc1CNS(=O)(=O)c1cccc(CO)c1. The molecule has 0 bridgehead atoms. The monoisotopic (exact) mass is 281 g/mol. The number of nitrogens with zero attached hydrogens (tertiary/aromatic N) is 2. The van der Waals surface area contributed by atoms with E-state index in [4.69, 9.17) is 5.11 Å². The number of aryl methyl sites for hydroxylation is 1. The number of benzene rings is 1. The van der Waals surface area contributed by atoms with E-state index in [9.17, 15) is 8.42 Å². The number of aliphatic hydroxyl groups is 1. The number of rotatable bonds is 5. The van der Waals surface area contributed by atoms with Crippen molar-refractivity contribution in [2.45, 2.75) is 18.0 Å². The lowest BCUT2D eigenvalue weighted by Crippen LogP contribution is -2.24. The zero-order chi connectivity index (χ0) is 13.9. The summed E-state index contributed by atoms with van der Waals surface area (Å²) in [5, 5.41) is 9.02. The van der Waals surface area contributed by atoms with Gasteiger partial charge in [0.15, 0.2) is 0 Å². The van der Waals surface area contributed by atoms with Crippen LogP contribution in [-0.2, 0) is 30.2 Å². The number of aliphatic hydroxyl groups excluding tert-OH is 1. The normalized spacial score (nSPS) is 11.7. The molecule has 19 heavy (non-hydrogen) atoms. The Kier molecular flexibility index (Phi) is 3.98. The molecule has 0 fully saturated rings. The Morgan fingerprint density at radius 2 is 2.21 bits per heavy atom. The van der Waals surface area contributed by atoms with E-state index in [0.717, 1.165) is 0 Å². The van der Waals surface area contributed by atoms with Crippen LogP contribution in [0.4, 0.5) is 0 Å². The molecule has 0 saturated carbocycles. The summed E-state index contributed by atoms with van der Waals surface area (Å²) in [6.07, 6.45) is 3.35. The Morgan fingerprint density at radius 3 is 2.84 bits per heavy atom. The lowest BCUT2D eigenvalue weighted by Gasteiger charge is -2.07. The maximum Gasteiger partial charge on any atom is 0.240 e. The third-order valence-corrected chi connectivity index (χ3v) is 4.13. The summed E-state index contributed by atoms with van der Waals surface area (Å²) in [6, 6.07) is 6.19.